The van der Waals surface area contributed by atoms with Crippen molar-refractivity contribution in [2.45, 2.75) is 0 Å². The molecule has 15 heavy (non-hydrogen) atoms. The van der Waals surface area contributed by atoms with Gasteiger partial charge in [-0.05, 0) is 17.7 Å². The zero-order valence-electron chi connectivity index (χ0n) is 8.40. The second kappa shape index (κ2) is 5.28. The Morgan fingerprint density at radius 2 is 1.87 bits per heavy atom. The molecule has 0 N–H and O–H groups in total. The molecule has 0 amide bonds. The molecule has 4 heteroatoms. The largest absolute Gasteiger partial charge is 0.378 e. The van der Waals surface area contributed by atoms with E-state index in [0.29, 0.717) is 0 Å². The van der Waals surface area contributed by atoms with Crippen LogP contribution in [0.2, 0.25) is 0 Å². The first-order valence-electron chi connectivity index (χ1n) is 4.97. The van der Waals surface area contributed by atoms with Crippen LogP contribution in [0.4, 0.5) is 0 Å². The van der Waals surface area contributed by atoms with Gasteiger partial charge in [-0.25, -0.2) is 0 Å². The molecule has 1 aromatic carbocycles. The van der Waals surface area contributed by atoms with E-state index >= 15 is 0 Å². The van der Waals surface area contributed by atoms with Gasteiger partial charge in [0.15, 0.2) is 0 Å². The van der Waals surface area contributed by atoms with Gasteiger partial charge in [0, 0.05) is 4.47 Å². The summed E-state index contributed by atoms with van der Waals surface area (Å²) in [4.78, 5) is 0. The van der Waals surface area contributed by atoms with E-state index in [2.05, 4.69) is 21.0 Å². The standard InChI is InChI=1S/C11H13BrN2O/c12-11-3-1-10(2-4-11)9-13-14-5-7-15-8-6-14/h1-4,9H,5-8H2/b13-9+. The Morgan fingerprint density at radius 1 is 1.20 bits per heavy atom. The molecule has 1 aliphatic heterocycles. The van der Waals surface area contributed by atoms with Crippen molar-refractivity contribution in [1.29, 1.82) is 0 Å². The van der Waals surface area contributed by atoms with Gasteiger partial charge in [0.2, 0.25) is 0 Å². The maximum atomic E-state index is 5.25. The molecule has 0 radical (unpaired) electrons. The monoisotopic (exact) mass is 268 g/mol. The van der Waals surface area contributed by atoms with Gasteiger partial charge in [0.05, 0.1) is 32.5 Å². The highest BCUT2D eigenvalue weighted by Gasteiger charge is 2.05. The summed E-state index contributed by atoms with van der Waals surface area (Å²) in [5, 5.41) is 6.43. The molecule has 2 rings (SSSR count). The van der Waals surface area contributed by atoms with Crippen molar-refractivity contribution in [3.05, 3.63) is 34.3 Å². The van der Waals surface area contributed by atoms with Gasteiger partial charge in [-0.3, -0.25) is 5.01 Å². The lowest BCUT2D eigenvalue weighted by atomic mass is 10.2. The van der Waals surface area contributed by atoms with Crippen LogP contribution in [0.5, 0.6) is 0 Å². The smallest absolute Gasteiger partial charge is 0.0659 e. The van der Waals surface area contributed by atoms with Crippen LogP contribution in [0.3, 0.4) is 0 Å². The van der Waals surface area contributed by atoms with E-state index in [4.69, 9.17) is 4.74 Å². The molecule has 1 saturated heterocycles. The highest BCUT2D eigenvalue weighted by molar-refractivity contribution is 9.10. The summed E-state index contributed by atoms with van der Waals surface area (Å²) in [7, 11) is 0. The fourth-order valence-corrected chi connectivity index (χ4v) is 1.63. The van der Waals surface area contributed by atoms with E-state index in [1.807, 2.05) is 35.5 Å². The minimum Gasteiger partial charge on any atom is -0.378 e. The molecule has 1 aliphatic rings. The summed E-state index contributed by atoms with van der Waals surface area (Å²) in [6, 6.07) is 8.10. The lowest BCUT2D eigenvalue weighted by Crippen LogP contribution is -2.32. The van der Waals surface area contributed by atoms with Gasteiger partial charge in [-0.2, -0.15) is 5.10 Å². The molecule has 0 aliphatic carbocycles. The fourth-order valence-electron chi connectivity index (χ4n) is 1.37. The molecular formula is C11H13BrN2O. The predicted octanol–water partition coefficient (Wildman–Crippen LogP) is 2.12. The maximum absolute atomic E-state index is 5.25. The Balaban J connectivity index is 1.95. The highest BCUT2D eigenvalue weighted by atomic mass is 79.9. The summed E-state index contributed by atoms with van der Waals surface area (Å²) in [5.74, 6) is 0. The van der Waals surface area contributed by atoms with E-state index in [0.717, 1.165) is 36.3 Å². The third-order valence-electron chi connectivity index (χ3n) is 2.23. The Hall–Kier alpha value is -0.870. The number of halogens is 1. The van der Waals surface area contributed by atoms with E-state index in [9.17, 15) is 0 Å². The Morgan fingerprint density at radius 3 is 2.53 bits per heavy atom. The van der Waals surface area contributed by atoms with Crippen LogP contribution in [0.15, 0.2) is 33.8 Å². The Labute approximate surface area is 97.9 Å². The molecule has 0 saturated carbocycles. The molecule has 0 spiro atoms. The molecule has 0 aromatic heterocycles. The maximum Gasteiger partial charge on any atom is 0.0659 e. The summed E-state index contributed by atoms with van der Waals surface area (Å²) < 4.78 is 6.33. The Kier molecular flexibility index (Phi) is 3.75. The quantitative estimate of drug-likeness (QED) is 0.768. The first kappa shape index (κ1) is 10.6. The summed E-state index contributed by atoms with van der Waals surface area (Å²) >= 11 is 3.40. The molecule has 0 bridgehead atoms. The number of nitrogens with zero attached hydrogens (tertiary/aromatic N) is 2. The molecule has 3 nitrogen and oxygen atoms in total. The summed E-state index contributed by atoms with van der Waals surface area (Å²) in [5.41, 5.74) is 1.12. The van der Waals surface area contributed by atoms with E-state index in [1.165, 1.54) is 0 Å². The van der Waals surface area contributed by atoms with Gasteiger partial charge >= 0.3 is 0 Å². The minimum atomic E-state index is 0.775. The van der Waals surface area contributed by atoms with Crippen molar-refractivity contribution in [2.75, 3.05) is 26.3 Å². The number of rotatable bonds is 2. The van der Waals surface area contributed by atoms with E-state index < -0.39 is 0 Å². The van der Waals surface area contributed by atoms with Crippen LogP contribution < -0.4 is 0 Å². The third-order valence-corrected chi connectivity index (χ3v) is 2.76. The van der Waals surface area contributed by atoms with Crippen molar-refractivity contribution in [2.24, 2.45) is 5.10 Å². The van der Waals surface area contributed by atoms with Crippen LogP contribution in [-0.2, 0) is 4.74 Å². The lowest BCUT2D eigenvalue weighted by Gasteiger charge is -2.23. The van der Waals surface area contributed by atoms with Crippen molar-refractivity contribution in [3.63, 3.8) is 0 Å². The number of morpholine rings is 1. The van der Waals surface area contributed by atoms with Crippen LogP contribution in [-0.4, -0.2) is 37.5 Å². The lowest BCUT2D eigenvalue weighted by molar-refractivity contribution is 0.0397. The van der Waals surface area contributed by atoms with Crippen molar-refractivity contribution < 1.29 is 4.74 Å². The van der Waals surface area contributed by atoms with Gasteiger partial charge in [0.25, 0.3) is 0 Å². The first-order valence-corrected chi connectivity index (χ1v) is 5.76. The summed E-state index contributed by atoms with van der Waals surface area (Å²) in [6.07, 6.45) is 1.89. The molecule has 0 atom stereocenters. The number of ether oxygens (including phenoxy) is 1. The van der Waals surface area contributed by atoms with E-state index in [-0.39, 0.29) is 0 Å². The fraction of sp³-hybridized carbons (Fsp3) is 0.364. The van der Waals surface area contributed by atoms with E-state index in [1.54, 1.807) is 0 Å². The average Bonchev–Trinajstić information content (AvgIpc) is 2.30. The summed E-state index contributed by atoms with van der Waals surface area (Å²) in [6.45, 7) is 3.31. The normalized spacial score (nSPS) is 17.3. The van der Waals surface area contributed by atoms with Crippen LogP contribution in [0, 0.1) is 0 Å². The van der Waals surface area contributed by atoms with Crippen molar-refractivity contribution >= 4 is 22.1 Å². The topological polar surface area (TPSA) is 24.8 Å². The van der Waals surface area contributed by atoms with Gasteiger partial charge < -0.3 is 4.74 Å². The first-order chi connectivity index (χ1) is 7.34. The number of benzene rings is 1. The molecule has 0 unspecified atom stereocenters. The number of hydrogen-bond acceptors (Lipinski definition) is 3. The van der Waals surface area contributed by atoms with Crippen molar-refractivity contribution in [3.8, 4) is 0 Å². The highest BCUT2D eigenvalue weighted by Crippen LogP contribution is 2.09. The molecular weight excluding hydrogens is 256 g/mol. The van der Waals surface area contributed by atoms with Crippen molar-refractivity contribution in [1.82, 2.24) is 5.01 Å². The molecule has 80 valence electrons. The minimum absolute atomic E-state index is 0.775. The predicted molar refractivity (Wildman–Crippen MR) is 64.1 cm³/mol. The molecule has 1 fully saturated rings. The second-order valence-electron chi connectivity index (χ2n) is 3.36. The van der Waals surface area contributed by atoms with Crippen LogP contribution in [0.1, 0.15) is 5.56 Å². The zero-order chi connectivity index (χ0) is 10.5. The second-order valence-corrected chi connectivity index (χ2v) is 4.28. The van der Waals surface area contributed by atoms with Crippen LogP contribution in [0.25, 0.3) is 0 Å². The molecule has 1 aromatic rings. The average molecular weight is 269 g/mol. The van der Waals surface area contributed by atoms with Gasteiger partial charge in [0.1, 0.15) is 0 Å². The van der Waals surface area contributed by atoms with Crippen LogP contribution >= 0.6 is 15.9 Å². The zero-order valence-corrected chi connectivity index (χ0v) is 9.98. The SMILES string of the molecule is Brc1ccc(/C=N/N2CCOCC2)cc1. The molecule has 1 heterocycles. The number of hydrazone groups is 1. The Bertz CT molecular complexity index is 331. The third kappa shape index (κ3) is 3.32. The van der Waals surface area contributed by atoms with Gasteiger partial charge in [-0.1, -0.05) is 28.1 Å². The van der Waals surface area contributed by atoms with Gasteiger partial charge in [-0.15, -0.1) is 0 Å². The number of hydrogen-bond donors (Lipinski definition) is 0.